The first kappa shape index (κ1) is 12.5. The van der Waals surface area contributed by atoms with Crippen molar-refractivity contribution < 1.29 is 0 Å². The summed E-state index contributed by atoms with van der Waals surface area (Å²) in [5.74, 6) is 1.39. The van der Waals surface area contributed by atoms with Crippen LogP contribution in [0.15, 0.2) is 0 Å². The molecule has 1 rings (SSSR count). The molecule has 0 saturated heterocycles. The summed E-state index contributed by atoms with van der Waals surface area (Å²) in [6.45, 7) is 4.33. The van der Waals surface area contributed by atoms with Crippen LogP contribution in [-0.4, -0.2) is 25.0 Å². The van der Waals surface area contributed by atoms with Gasteiger partial charge in [-0.05, 0) is 38.8 Å². The van der Waals surface area contributed by atoms with Crippen molar-refractivity contribution >= 4 is 0 Å². The fraction of sp³-hybridized carbons (Fsp3) is 0.923. The van der Waals surface area contributed by atoms with E-state index in [9.17, 15) is 5.26 Å². The van der Waals surface area contributed by atoms with E-state index in [0.717, 1.165) is 5.92 Å². The summed E-state index contributed by atoms with van der Waals surface area (Å²) in [6.07, 6.45) is 5.33. The van der Waals surface area contributed by atoms with Crippen LogP contribution in [0.3, 0.4) is 0 Å². The van der Waals surface area contributed by atoms with Crippen molar-refractivity contribution in [3.8, 4) is 6.07 Å². The second-order valence-corrected chi connectivity index (χ2v) is 5.40. The zero-order chi connectivity index (χ0) is 11.4. The van der Waals surface area contributed by atoms with Crippen LogP contribution in [0.5, 0.6) is 0 Å². The van der Waals surface area contributed by atoms with Gasteiger partial charge in [-0.3, -0.25) is 0 Å². The fourth-order valence-corrected chi connectivity index (χ4v) is 2.95. The van der Waals surface area contributed by atoms with E-state index < -0.39 is 0 Å². The Labute approximate surface area is 94.3 Å². The van der Waals surface area contributed by atoms with E-state index in [1.54, 1.807) is 0 Å². The second kappa shape index (κ2) is 5.51. The van der Waals surface area contributed by atoms with Gasteiger partial charge in [0.05, 0.1) is 12.0 Å². The molecule has 1 aliphatic carbocycles. The molecule has 0 heterocycles. The third-order valence-electron chi connectivity index (χ3n) is 3.71. The van der Waals surface area contributed by atoms with E-state index in [-0.39, 0.29) is 5.92 Å². The van der Waals surface area contributed by atoms with Gasteiger partial charge in [0, 0.05) is 6.04 Å². The van der Waals surface area contributed by atoms with Gasteiger partial charge in [-0.15, -0.1) is 0 Å². The average Bonchev–Trinajstić information content (AvgIpc) is 2.64. The van der Waals surface area contributed by atoms with Crippen molar-refractivity contribution in [2.45, 2.75) is 45.6 Å². The molecule has 2 nitrogen and oxygen atoms in total. The van der Waals surface area contributed by atoms with E-state index in [2.05, 4.69) is 38.9 Å². The summed E-state index contributed by atoms with van der Waals surface area (Å²) in [6, 6.07) is 2.97. The largest absolute Gasteiger partial charge is 0.305 e. The van der Waals surface area contributed by atoms with Crippen LogP contribution < -0.4 is 0 Å². The summed E-state index contributed by atoms with van der Waals surface area (Å²) in [5.41, 5.74) is 0. The molecule has 0 aliphatic heterocycles. The molecule has 0 aromatic heterocycles. The molecule has 86 valence electrons. The molecule has 0 aromatic carbocycles. The summed E-state index contributed by atoms with van der Waals surface area (Å²) in [7, 11) is 4.24. The van der Waals surface area contributed by atoms with E-state index >= 15 is 0 Å². The molecule has 0 bridgehead atoms. The Balaban J connectivity index is 2.76. The highest BCUT2D eigenvalue weighted by Gasteiger charge is 2.34. The highest BCUT2D eigenvalue weighted by molar-refractivity contribution is 4.97. The Kier molecular flexibility index (Phi) is 4.60. The first-order valence-corrected chi connectivity index (χ1v) is 6.14. The Morgan fingerprint density at radius 2 is 1.73 bits per heavy atom. The van der Waals surface area contributed by atoms with Crippen molar-refractivity contribution in [1.82, 2.24) is 4.90 Å². The average molecular weight is 208 g/mol. The molecule has 0 spiro atoms. The third-order valence-corrected chi connectivity index (χ3v) is 3.71. The Morgan fingerprint density at radius 1 is 1.20 bits per heavy atom. The number of hydrogen-bond donors (Lipinski definition) is 0. The minimum Gasteiger partial charge on any atom is -0.305 e. The molecule has 0 amide bonds. The Bertz CT molecular complexity index is 221. The van der Waals surface area contributed by atoms with Crippen LogP contribution in [-0.2, 0) is 0 Å². The van der Waals surface area contributed by atoms with Gasteiger partial charge in [0.25, 0.3) is 0 Å². The first-order chi connectivity index (χ1) is 7.07. The van der Waals surface area contributed by atoms with Crippen molar-refractivity contribution in [2.75, 3.05) is 14.1 Å². The maximum Gasteiger partial charge on any atom is 0.0675 e. The van der Waals surface area contributed by atoms with Crippen LogP contribution in [0.1, 0.15) is 39.5 Å². The SMILES string of the molecule is CC(C)C(C#N)C(C1CCCC1)N(C)C. The van der Waals surface area contributed by atoms with Gasteiger partial charge in [0.15, 0.2) is 0 Å². The van der Waals surface area contributed by atoms with E-state index in [1.165, 1.54) is 25.7 Å². The smallest absolute Gasteiger partial charge is 0.0675 e. The fourth-order valence-electron chi connectivity index (χ4n) is 2.95. The van der Waals surface area contributed by atoms with Gasteiger partial charge in [-0.1, -0.05) is 26.7 Å². The summed E-state index contributed by atoms with van der Waals surface area (Å²) < 4.78 is 0. The van der Waals surface area contributed by atoms with Gasteiger partial charge in [-0.25, -0.2) is 0 Å². The van der Waals surface area contributed by atoms with Gasteiger partial charge >= 0.3 is 0 Å². The predicted octanol–water partition coefficient (Wildman–Crippen LogP) is 2.90. The minimum atomic E-state index is 0.183. The molecule has 2 atom stereocenters. The number of rotatable bonds is 4. The molecule has 2 unspecified atom stereocenters. The lowest BCUT2D eigenvalue weighted by molar-refractivity contribution is 0.143. The Hall–Kier alpha value is -0.550. The molecule has 1 fully saturated rings. The van der Waals surface area contributed by atoms with Crippen LogP contribution in [0, 0.1) is 29.1 Å². The maximum absolute atomic E-state index is 9.30. The van der Waals surface area contributed by atoms with E-state index in [1.807, 2.05) is 0 Å². The molecular formula is C13H24N2. The van der Waals surface area contributed by atoms with Crippen molar-refractivity contribution in [3.05, 3.63) is 0 Å². The van der Waals surface area contributed by atoms with Crippen LogP contribution in [0.2, 0.25) is 0 Å². The molecular weight excluding hydrogens is 184 g/mol. The summed E-state index contributed by atoms with van der Waals surface area (Å²) in [4.78, 5) is 2.27. The normalized spacial score (nSPS) is 21.9. The lowest BCUT2D eigenvalue weighted by Crippen LogP contribution is -2.42. The zero-order valence-electron chi connectivity index (χ0n) is 10.5. The van der Waals surface area contributed by atoms with Crippen molar-refractivity contribution in [3.63, 3.8) is 0 Å². The highest BCUT2D eigenvalue weighted by Crippen LogP contribution is 2.35. The minimum absolute atomic E-state index is 0.183. The van der Waals surface area contributed by atoms with E-state index in [4.69, 9.17) is 0 Å². The highest BCUT2D eigenvalue weighted by atomic mass is 15.1. The monoisotopic (exact) mass is 208 g/mol. The summed E-state index contributed by atoms with van der Waals surface area (Å²) in [5, 5.41) is 9.30. The molecule has 1 aliphatic rings. The van der Waals surface area contributed by atoms with Gasteiger partial charge < -0.3 is 4.90 Å². The molecule has 1 saturated carbocycles. The molecule has 0 radical (unpaired) electrons. The topological polar surface area (TPSA) is 27.0 Å². The lowest BCUT2D eigenvalue weighted by atomic mass is 9.81. The maximum atomic E-state index is 9.30. The number of nitriles is 1. The number of hydrogen-bond acceptors (Lipinski definition) is 2. The zero-order valence-corrected chi connectivity index (χ0v) is 10.5. The third kappa shape index (κ3) is 2.95. The van der Waals surface area contributed by atoms with Crippen LogP contribution >= 0.6 is 0 Å². The van der Waals surface area contributed by atoms with Crippen LogP contribution in [0.25, 0.3) is 0 Å². The van der Waals surface area contributed by atoms with Crippen molar-refractivity contribution in [1.29, 1.82) is 5.26 Å². The molecule has 2 heteroatoms. The van der Waals surface area contributed by atoms with Crippen molar-refractivity contribution in [2.24, 2.45) is 17.8 Å². The van der Waals surface area contributed by atoms with Gasteiger partial charge in [-0.2, -0.15) is 5.26 Å². The standard InChI is InChI=1S/C13H24N2/c1-10(2)12(9-14)13(15(3)4)11-7-5-6-8-11/h10-13H,5-8H2,1-4H3. The predicted molar refractivity (Wildman–Crippen MR) is 63.4 cm³/mol. The number of nitrogens with zero attached hydrogens (tertiary/aromatic N) is 2. The Morgan fingerprint density at radius 3 is 2.07 bits per heavy atom. The second-order valence-electron chi connectivity index (χ2n) is 5.40. The molecule has 0 N–H and O–H groups in total. The lowest BCUT2D eigenvalue weighted by Gasteiger charge is -2.35. The van der Waals surface area contributed by atoms with Crippen LogP contribution in [0.4, 0.5) is 0 Å². The molecule has 0 aromatic rings. The summed E-state index contributed by atoms with van der Waals surface area (Å²) >= 11 is 0. The van der Waals surface area contributed by atoms with Gasteiger partial charge in [0.1, 0.15) is 0 Å². The molecule has 15 heavy (non-hydrogen) atoms. The van der Waals surface area contributed by atoms with E-state index in [0.29, 0.717) is 12.0 Å². The van der Waals surface area contributed by atoms with Gasteiger partial charge in [0.2, 0.25) is 0 Å². The quantitative estimate of drug-likeness (QED) is 0.710. The first-order valence-electron chi connectivity index (χ1n) is 6.14.